The predicted molar refractivity (Wildman–Crippen MR) is 124 cm³/mol. The number of fused-ring (bicyclic) bond motifs is 1. The van der Waals surface area contributed by atoms with Gasteiger partial charge < -0.3 is 24.1 Å². The summed E-state index contributed by atoms with van der Waals surface area (Å²) in [4.78, 5) is 15.3. The zero-order valence-corrected chi connectivity index (χ0v) is 18.7. The van der Waals surface area contributed by atoms with Crippen LogP contribution in [0.3, 0.4) is 0 Å². The maximum atomic E-state index is 13.6. The van der Waals surface area contributed by atoms with Crippen LogP contribution in [0.4, 0.5) is 0 Å². The number of carbonyl (C=O) groups excluding carboxylic acids is 1. The van der Waals surface area contributed by atoms with Crippen molar-refractivity contribution in [1.29, 1.82) is 0 Å². The first-order valence-corrected chi connectivity index (χ1v) is 10.4. The molecule has 0 aliphatic carbocycles. The fourth-order valence-corrected chi connectivity index (χ4v) is 3.96. The summed E-state index contributed by atoms with van der Waals surface area (Å²) >= 11 is 0. The highest BCUT2D eigenvalue weighted by molar-refractivity contribution is 7.10. The molecule has 7 nitrogen and oxygen atoms in total. The van der Waals surface area contributed by atoms with Crippen molar-refractivity contribution in [3.63, 3.8) is 0 Å². The number of oxime groups is 1. The number of hydrogen-bond acceptors (Lipinski definition) is 6. The van der Waals surface area contributed by atoms with Crippen molar-refractivity contribution in [2.45, 2.75) is 19.7 Å². The van der Waals surface area contributed by atoms with Gasteiger partial charge in [-0.3, -0.25) is 4.79 Å². The zero-order chi connectivity index (χ0) is 22.5. The molecule has 0 fully saturated rings. The van der Waals surface area contributed by atoms with E-state index in [-0.39, 0.29) is 5.91 Å². The van der Waals surface area contributed by atoms with Gasteiger partial charge in [-0.25, -0.2) is 0 Å². The predicted octanol–water partition coefficient (Wildman–Crippen LogP) is 4.41. The van der Waals surface area contributed by atoms with Crippen molar-refractivity contribution in [1.82, 2.24) is 4.90 Å². The summed E-state index contributed by atoms with van der Waals surface area (Å²) in [6, 6.07) is 18.8. The molecule has 1 aliphatic rings. The Morgan fingerprint density at radius 3 is 2.62 bits per heavy atom. The minimum atomic E-state index is -0.226. The first-order chi connectivity index (χ1) is 15.6. The number of methoxy groups -OCH3 is 1. The standard InChI is InChI=1S/C24H23N2O5P/c1-29-19-10-21(30-15-16-6-3-2-4-7-16)23(22(11-19)31-32)24(27)26-13-18-9-5-8-17(12-25-28)20(18)14-26/h2-12,28H,13-15,32H2,1H3/b25-12+. The van der Waals surface area contributed by atoms with Gasteiger partial charge in [0.25, 0.3) is 5.91 Å². The molecule has 1 N–H and O–H groups in total. The molecule has 1 amide bonds. The summed E-state index contributed by atoms with van der Waals surface area (Å²) in [5, 5.41) is 12.1. The minimum Gasteiger partial charge on any atom is -0.496 e. The lowest BCUT2D eigenvalue weighted by Crippen LogP contribution is -2.26. The van der Waals surface area contributed by atoms with Crippen LogP contribution in [0, 0.1) is 0 Å². The van der Waals surface area contributed by atoms with E-state index in [0.717, 1.165) is 22.3 Å². The summed E-state index contributed by atoms with van der Waals surface area (Å²) in [6.07, 6.45) is 1.38. The van der Waals surface area contributed by atoms with Crippen LogP contribution < -0.4 is 14.0 Å². The van der Waals surface area contributed by atoms with Gasteiger partial charge in [0.1, 0.15) is 29.4 Å². The average molecular weight is 450 g/mol. The van der Waals surface area contributed by atoms with Crippen molar-refractivity contribution < 1.29 is 24.0 Å². The minimum absolute atomic E-state index is 0.226. The highest BCUT2D eigenvalue weighted by Gasteiger charge is 2.30. The summed E-state index contributed by atoms with van der Waals surface area (Å²) in [7, 11) is 3.73. The first kappa shape index (κ1) is 21.7. The van der Waals surface area contributed by atoms with Crippen molar-refractivity contribution >= 4 is 21.6 Å². The summed E-state index contributed by atoms with van der Waals surface area (Å²) in [5.41, 5.74) is 4.03. The van der Waals surface area contributed by atoms with Gasteiger partial charge in [0.05, 0.1) is 22.8 Å². The van der Waals surface area contributed by atoms with Gasteiger partial charge in [0, 0.05) is 30.8 Å². The Bertz CT molecular complexity index is 1150. The van der Waals surface area contributed by atoms with E-state index in [9.17, 15) is 4.79 Å². The number of nitrogens with zero attached hydrogens (tertiary/aromatic N) is 2. The monoisotopic (exact) mass is 450 g/mol. The van der Waals surface area contributed by atoms with Gasteiger partial charge in [-0.1, -0.05) is 53.7 Å². The van der Waals surface area contributed by atoms with Crippen molar-refractivity contribution in [2.24, 2.45) is 5.16 Å². The topological polar surface area (TPSA) is 80.6 Å². The van der Waals surface area contributed by atoms with E-state index in [1.807, 2.05) is 48.5 Å². The van der Waals surface area contributed by atoms with E-state index in [4.69, 9.17) is 19.2 Å². The molecule has 1 unspecified atom stereocenters. The largest absolute Gasteiger partial charge is 0.496 e. The SMILES string of the molecule is COc1cc(OP)c(C(=O)N2Cc3cccc(/C=N/O)c3C2)c(OCc2ccccc2)c1. The maximum absolute atomic E-state index is 13.6. The van der Waals surface area contributed by atoms with Crippen LogP contribution >= 0.6 is 9.47 Å². The third-order valence-corrected chi connectivity index (χ3v) is 5.61. The Hall–Kier alpha value is -3.57. The average Bonchev–Trinajstić information content (AvgIpc) is 3.28. The van der Waals surface area contributed by atoms with Crippen molar-refractivity contribution in [3.05, 3.63) is 88.5 Å². The Balaban J connectivity index is 1.67. The quantitative estimate of drug-likeness (QED) is 0.250. The molecule has 1 heterocycles. The van der Waals surface area contributed by atoms with Crippen LogP contribution in [0.5, 0.6) is 17.2 Å². The molecule has 0 spiro atoms. The number of benzene rings is 3. The molecule has 0 radical (unpaired) electrons. The fourth-order valence-electron chi connectivity index (χ4n) is 3.77. The van der Waals surface area contributed by atoms with Crippen LogP contribution in [0.25, 0.3) is 0 Å². The Morgan fingerprint density at radius 1 is 1.12 bits per heavy atom. The molecular weight excluding hydrogens is 427 g/mol. The normalized spacial score (nSPS) is 12.6. The fraction of sp³-hybridized carbons (Fsp3) is 0.167. The van der Waals surface area contributed by atoms with Gasteiger partial charge in [-0.05, 0) is 16.7 Å². The van der Waals surface area contributed by atoms with Crippen LogP contribution in [-0.4, -0.2) is 29.3 Å². The van der Waals surface area contributed by atoms with Crippen LogP contribution in [-0.2, 0) is 19.7 Å². The third kappa shape index (κ3) is 4.39. The number of hydrogen-bond donors (Lipinski definition) is 1. The molecule has 32 heavy (non-hydrogen) atoms. The van der Waals surface area contributed by atoms with E-state index in [0.29, 0.717) is 42.5 Å². The van der Waals surface area contributed by atoms with E-state index in [2.05, 4.69) is 14.6 Å². The molecule has 1 aliphatic heterocycles. The molecule has 0 saturated carbocycles. The highest BCUT2D eigenvalue weighted by Crippen LogP contribution is 2.38. The molecule has 3 aromatic carbocycles. The van der Waals surface area contributed by atoms with Crippen LogP contribution in [0.15, 0.2) is 65.8 Å². The van der Waals surface area contributed by atoms with E-state index >= 15 is 0 Å². The second-order valence-electron chi connectivity index (χ2n) is 7.28. The lowest BCUT2D eigenvalue weighted by molar-refractivity contribution is 0.0744. The number of ether oxygens (including phenoxy) is 2. The van der Waals surface area contributed by atoms with Gasteiger partial charge >= 0.3 is 0 Å². The van der Waals surface area contributed by atoms with Gasteiger partial charge in [-0.2, -0.15) is 0 Å². The zero-order valence-electron chi connectivity index (χ0n) is 17.5. The second-order valence-corrected chi connectivity index (χ2v) is 7.52. The van der Waals surface area contributed by atoms with E-state index < -0.39 is 0 Å². The maximum Gasteiger partial charge on any atom is 0.262 e. The molecule has 3 aromatic rings. The molecule has 164 valence electrons. The van der Waals surface area contributed by atoms with Crippen LogP contribution in [0.2, 0.25) is 0 Å². The number of carbonyl (C=O) groups is 1. The summed E-state index contributed by atoms with van der Waals surface area (Å²) < 4.78 is 16.9. The molecule has 0 bridgehead atoms. The van der Waals surface area contributed by atoms with E-state index in [1.54, 1.807) is 24.1 Å². The van der Waals surface area contributed by atoms with Gasteiger partial charge in [0.2, 0.25) is 0 Å². The molecule has 1 atom stereocenters. The molecule has 0 saturated heterocycles. The molecule has 4 rings (SSSR count). The molecular formula is C24H23N2O5P. The molecule has 0 aromatic heterocycles. The number of amides is 1. The van der Waals surface area contributed by atoms with Gasteiger partial charge in [0.15, 0.2) is 0 Å². The Labute approximate surface area is 188 Å². The first-order valence-electron chi connectivity index (χ1n) is 9.97. The van der Waals surface area contributed by atoms with Crippen molar-refractivity contribution in [2.75, 3.05) is 7.11 Å². The highest BCUT2D eigenvalue weighted by atomic mass is 31.0. The van der Waals surface area contributed by atoms with Gasteiger partial charge in [-0.15, -0.1) is 0 Å². The lowest BCUT2D eigenvalue weighted by Gasteiger charge is -2.21. The summed E-state index contributed by atoms with van der Waals surface area (Å²) in [6.45, 7) is 1.11. The van der Waals surface area contributed by atoms with Crippen molar-refractivity contribution in [3.8, 4) is 17.2 Å². The Kier molecular flexibility index (Phi) is 6.57. The Morgan fingerprint density at radius 2 is 1.91 bits per heavy atom. The van der Waals surface area contributed by atoms with Crippen LogP contribution in [0.1, 0.15) is 32.6 Å². The summed E-state index contributed by atoms with van der Waals surface area (Å²) in [5.74, 6) is 1.02. The molecule has 8 heteroatoms. The lowest BCUT2D eigenvalue weighted by atomic mass is 10.0. The number of rotatable bonds is 7. The van der Waals surface area contributed by atoms with E-state index in [1.165, 1.54) is 6.21 Å². The smallest absolute Gasteiger partial charge is 0.262 e. The second kappa shape index (κ2) is 9.71. The third-order valence-electron chi connectivity index (χ3n) is 5.36.